The smallest absolute Gasteiger partial charge is 0.251 e. The van der Waals surface area contributed by atoms with Gasteiger partial charge in [0.2, 0.25) is 5.75 Å². The first-order valence-electron chi connectivity index (χ1n) is 10.1. The molecule has 30 heavy (non-hydrogen) atoms. The van der Waals surface area contributed by atoms with Gasteiger partial charge in [-0.25, -0.2) is 0 Å². The van der Waals surface area contributed by atoms with Crippen molar-refractivity contribution in [2.45, 2.75) is 26.9 Å². The summed E-state index contributed by atoms with van der Waals surface area (Å²) >= 11 is 0. The monoisotopic (exact) mass is 417 g/mol. The Hall–Kier alpha value is -2.93. The Labute approximate surface area is 178 Å². The zero-order valence-electron chi connectivity index (χ0n) is 18.3. The molecule has 2 rings (SSSR count). The maximum atomic E-state index is 12.9. The molecule has 7 nitrogen and oxygen atoms in total. The number of nitrogens with one attached hydrogen (secondary N) is 1. The van der Waals surface area contributed by atoms with E-state index in [4.69, 9.17) is 23.7 Å². The van der Waals surface area contributed by atoms with Gasteiger partial charge in [0, 0.05) is 24.8 Å². The maximum Gasteiger partial charge on any atom is 0.251 e. The van der Waals surface area contributed by atoms with Crippen molar-refractivity contribution in [3.05, 3.63) is 47.5 Å². The average molecular weight is 418 g/mol. The van der Waals surface area contributed by atoms with Crippen molar-refractivity contribution in [1.82, 2.24) is 5.32 Å². The van der Waals surface area contributed by atoms with Crippen LogP contribution < -0.4 is 24.3 Å². The largest absolute Gasteiger partial charge is 0.496 e. The Morgan fingerprint density at radius 2 is 1.50 bits per heavy atom. The van der Waals surface area contributed by atoms with Gasteiger partial charge < -0.3 is 29.0 Å². The highest BCUT2D eigenvalue weighted by atomic mass is 16.5. The molecule has 0 heterocycles. The Kier molecular flexibility index (Phi) is 9.28. The first-order valence-corrected chi connectivity index (χ1v) is 10.1. The van der Waals surface area contributed by atoms with Gasteiger partial charge in [0.1, 0.15) is 11.9 Å². The molecular weight excluding hydrogens is 386 g/mol. The van der Waals surface area contributed by atoms with Crippen LogP contribution in [0.1, 0.15) is 42.8 Å². The topological polar surface area (TPSA) is 75.3 Å². The van der Waals surface area contributed by atoms with E-state index >= 15 is 0 Å². The highest BCUT2D eigenvalue weighted by molar-refractivity contribution is 5.95. The molecule has 0 aromatic heterocycles. The number of hydrogen-bond acceptors (Lipinski definition) is 6. The number of methoxy groups -OCH3 is 2. The van der Waals surface area contributed by atoms with Crippen LogP contribution in [-0.4, -0.2) is 46.5 Å². The van der Waals surface area contributed by atoms with Gasteiger partial charge in [-0.2, -0.15) is 0 Å². The molecule has 164 valence electrons. The Morgan fingerprint density at radius 1 is 0.900 bits per heavy atom. The fraction of sp³-hybridized carbons (Fsp3) is 0.435. The second-order valence-corrected chi connectivity index (χ2v) is 6.28. The lowest BCUT2D eigenvalue weighted by molar-refractivity contribution is 0.0818. The third-order valence-electron chi connectivity index (χ3n) is 4.39. The van der Waals surface area contributed by atoms with Crippen molar-refractivity contribution in [2.75, 3.05) is 40.6 Å². The van der Waals surface area contributed by atoms with E-state index in [9.17, 15) is 4.79 Å². The lowest BCUT2D eigenvalue weighted by Gasteiger charge is -2.20. The third kappa shape index (κ3) is 5.79. The first kappa shape index (κ1) is 23.3. The number of para-hydroxylation sites is 1. The summed E-state index contributed by atoms with van der Waals surface area (Å²) in [5.74, 6) is 1.89. The van der Waals surface area contributed by atoms with E-state index in [2.05, 4.69) is 5.32 Å². The van der Waals surface area contributed by atoms with Crippen molar-refractivity contribution in [1.29, 1.82) is 0 Å². The van der Waals surface area contributed by atoms with Gasteiger partial charge in [0.05, 0.1) is 26.9 Å². The number of rotatable bonds is 12. The minimum absolute atomic E-state index is 0.267. The van der Waals surface area contributed by atoms with E-state index in [0.29, 0.717) is 48.4 Å². The second kappa shape index (κ2) is 11.9. The van der Waals surface area contributed by atoms with Crippen LogP contribution in [0.4, 0.5) is 0 Å². The van der Waals surface area contributed by atoms with Gasteiger partial charge in [0.15, 0.2) is 11.5 Å². The molecule has 2 aromatic rings. The minimum Gasteiger partial charge on any atom is -0.496 e. The molecule has 1 atom stereocenters. The number of amides is 1. The van der Waals surface area contributed by atoms with E-state index in [0.717, 1.165) is 5.56 Å². The molecule has 0 aliphatic heterocycles. The maximum absolute atomic E-state index is 12.9. The quantitative estimate of drug-likeness (QED) is 0.562. The highest BCUT2D eigenvalue weighted by Crippen LogP contribution is 2.39. The average Bonchev–Trinajstić information content (AvgIpc) is 2.76. The summed E-state index contributed by atoms with van der Waals surface area (Å²) in [4.78, 5) is 12.9. The molecule has 0 radical (unpaired) electrons. The van der Waals surface area contributed by atoms with E-state index in [1.165, 1.54) is 0 Å². The molecule has 0 spiro atoms. The van der Waals surface area contributed by atoms with Crippen LogP contribution in [0.15, 0.2) is 36.4 Å². The Bertz CT molecular complexity index is 796. The fourth-order valence-corrected chi connectivity index (χ4v) is 3.06. The van der Waals surface area contributed by atoms with Gasteiger partial charge in [-0.05, 0) is 39.0 Å². The molecule has 7 heteroatoms. The second-order valence-electron chi connectivity index (χ2n) is 6.28. The van der Waals surface area contributed by atoms with Crippen molar-refractivity contribution < 1.29 is 28.5 Å². The van der Waals surface area contributed by atoms with Gasteiger partial charge >= 0.3 is 0 Å². The van der Waals surface area contributed by atoms with Gasteiger partial charge in [-0.3, -0.25) is 4.79 Å². The van der Waals surface area contributed by atoms with Crippen LogP contribution in [0, 0.1) is 0 Å². The van der Waals surface area contributed by atoms with Crippen LogP contribution in [0.2, 0.25) is 0 Å². The minimum atomic E-state index is -0.356. The lowest BCUT2D eigenvalue weighted by Crippen LogP contribution is -2.29. The van der Waals surface area contributed by atoms with E-state index in [-0.39, 0.29) is 18.6 Å². The fourth-order valence-electron chi connectivity index (χ4n) is 3.06. The van der Waals surface area contributed by atoms with E-state index < -0.39 is 0 Å². The van der Waals surface area contributed by atoms with Crippen LogP contribution in [-0.2, 0) is 4.74 Å². The molecule has 2 aromatic carbocycles. The van der Waals surface area contributed by atoms with Gasteiger partial charge in [0.25, 0.3) is 5.91 Å². The van der Waals surface area contributed by atoms with Crippen LogP contribution in [0.3, 0.4) is 0 Å². The van der Waals surface area contributed by atoms with Crippen molar-refractivity contribution in [2.24, 2.45) is 0 Å². The molecule has 0 aliphatic carbocycles. The standard InChI is InChI=1S/C23H31NO6/c1-6-28-19-13-16(14-20(29-7-2)22(19)30-8-3)23(25)24-15-21(27-5)17-11-9-10-12-18(17)26-4/h9-14,21H,6-8,15H2,1-5H3,(H,24,25). The Morgan fingerprint density at radius 3 is 2.03 bits per heavy atom. The zero-order valence-corrected chi connectivity index (χ0v) is 18.3. The van der Waals surface area contributed by atoms with Crippen LogP contribution >= 0.6 is 0 Å². The molecular formula is C23H31NO6. The van der Waals surface area contributed by atoms with Gasteiger partial charge in [-0.15, -0.1) is 0 Å². The zero-order chi connectivity index (χ0) is 21.9. The number of carbonyl (C=O) groups excluding carboxylic acids is 1. The number of benzene rings is 2. The van der Waals surface area contributed by atoms with Crippen molar-refractivity contribution in [3.63, 3.8) is 0 Å². The number of ether oxygens (including phenoxy) is 5. The summed E-state index contributed by atoms with van der Waals surface area (Å²) in [7, 11) is 3.20. The van der Waals surface area contributed by atoms with Crippen molar-refractivity contribution >= 4 is 5.91 Å². The lowest BCUT2D eigenvalue weighted by atomic mass is 10.1. The summed E-state index contributed by atoms with van der Waals surface area (Å²) < 4.78 is 28.0. The van der Waals surface area contributed by atoms with E-state index in [1.54, 1.807) is 26.4 Å². The molecule has 0 saturated heterocycles. The summed E-state index contributed by atoms with van der Waals surface area (Å²) in [6, 6.07) is 10.9. The van der Waals surface area contributed by atoms with Crippen molar-refractivity contribution in [3.8, 4) is 23.0 Å². The molecule has 0 saturated carbocycles. The molecule has 1 amide bonds. The summed E-state index contributed by atoms with van der Waals surface area (Å²) in [6.45, 7) is 7.25. The van der Waals surface area contributed by atoms with Gasteiger partial charge in [-0.1, -0.05) is 18.2 Å². The molecule has 0 aliphatic rings. The molecule has 1 unspecified atom stereocenters. The first-order chi connectivity index (χ1) is 14.6. The Balaban J connectivity index is 2.24. The molecule has 0 bridgehead atoms. The predicted molar refractivity (Wildman–Crippen MR) is 115 cm³/mol. The summed E-state index contributed by atoms with van der Waals surface area (Å²) in [6.07, 6.45) is -0.356. The number of hydrogen-bond donors (Lipinski definition) is 1. The summed E-state index contributed by atoms with van der Waals surface area (Å²) in [5.41, 5.74) is 1.28. The predicted octanol–water partition coefficient (Wildman–Crippen LogP) is 4.01. The SMILES string of the molecule is CCOc1cc(C(=O)NCC(OC)c2ccccc2OC)cc(OCC)c1OCC. The third-order valence-corrected chi connectivity index (χ3v) is 4.39. The number of carbonyl (C=O) groups is 1. The normalized spacial score (nSPS) is 11.5. The highest BCUT2D eigenvalue weighted by Gasteiger charge is 2.20. The molecule has 0 fully saturated rings. The van der Waals surface area contributed by atoms with Crippen LogP contribution in [0.25, 0.3) is 0 Å². The molecule has 1 N–H and O–H groups in total. The summed E-state index contributed by atoms with van der Waals surface area (Å²) in [5, 5.41) is 2.92. The van der Waals surface area contributed by atoms with Crippen LogP contribution in [0.5, 0.6) is 23.0 Å². The van der Waals surface area contributed by atoms with E-state index in [1.807, 2.05) is 45.0 Å².